The molecular weight excluding hydrogens is 262 g/mol. The van der Waals surface area contributed by atoms with Crippen LogP contribution in [-0.4, -0.2) is 23.5 Å². The smallest absolute Gasteiger partial charge is 0.172 e. The fraction of sp³-hybridized carbons (Fsp3) is 0.455. The number of alkyl halides is 1. The number of sulfone groups is 1. The van der Waals surface area contributed by atoms with Crippen LogP contribution in [0.3, 0.4) is 0 Å². The number of nitrogen functional groups attached to an aromatic ring is 1. The quantitative estimate of drug-likeness (QED) is 0.648. The van der Waals surface area contributed by atoms with Gasteiger partial charge in [-0.3, -0.25) is 0 Å². The number of benzene rings is 1. The number of aliphatic hydroxyl groups is 1. The summed E-state index contributed by atoms with van der Waals surface area (Å²) in [5.41, 5.74) is 6.48. The summed E-state index contributed by atoms with van der Waals surface area (Å²) in [5.74, 6) is -0.126. The summed E-state index contributed by atoms with van der Waals surface area (Å²) < 4.78 is 21.8. The predicted molar refractivity (Wildman–Crippen MR) is 69.5 cm³/mol. The minimum absolute atomic E-state index is 0.126. The third-order valence-corrected chi connectivity index (χ3v) is 5.84. The molecule has 0 amide bonds. The van der Waals surface area contributed by atoms with Crippen LogP contribution in [0.1, 0.15) is 25.5 Å². The molecule has 6 heteroatoms. The first-order chi connectivity index (χ1) is 7.72. The Morgan fingerprint density at radius 3 is 2.29 bits per heavy atom. The van der Waals surface area contributed by atoms with Crippen LogP contribution in [0.5, 0.6) is 0 Å². The third-order valence-electron chi connectivity index (χ3n) is 2.73. The van der Waals surface area contributed by atoms with E-state index >= 15 is 0 Å². The van der Waals surface area contributed by atoms with Crippen LogP contribution >= 0.6 is 11.6 Å². The molecule has 17 heavy (non-hydrogen) atoms. The molecule has 2 atom stereocenters. The van der Waals surface area contributed by atoms with Crippen molar-refractivity contribution < 1.29 is 13.5 Å². The van der Waals surface area contributed by atoms with Crippen LogP contribution in [0.4, 0.5) is 5.69 Å². The molecule has 0 aliphatic rings. The molecular formula is C11H16ClNO3S. The van der Waals surface area contributed by atoms with E-state index in [-0.39, 0.29) is 5.75 Å². The van der Waals surface area contributed by atoms with Crippen LogP contribution in [0.25, 0.3) is 0 Å². The second-order valence-electron chi connectivity index (χ2n) is 3.96. The van der Waals surface area contributed by atoms with Gasteiger partial charge in [0.15, 0.2) is 14.0 Å². The van der Waals surface area contributed by atoms with Gasteiger partial charge in [-0.1, -0.05) is 30.7 Å². The summed E-state index contributed by atoms with van der Waals surface area (Å²) in [6, 6.07) is 6.30. The molecule has 0 spiro atoms. The largest absolute Gasteiger partial charge is 0.399 e. The Labute approximate surface area is 106 Å². The van der Waals surface area contributed by atoms with Crippen molar-refractivity contribution >= 4 is 27.1 Å². The van der Waals surface area contributed by atoms with Gasteiger partial charge in [0.2, 0.25) is 0 Å². The lowest BCUT2D eigenvalue weighted by molar-refractivity contribution is 0.162. The van der Waals surface area contributed by atoms with Gasteiger partial charge in [0.1, 0.15) is 6.10 Å². The predicted octanol–water partition coefficient (Wildman–Crippen LogP) is 1.69. The van der Waals surface area contributed by atoms with Crippen molar-refractivity contribution in [1.29, 1.82) is 0 Å². The number of rotatable bonds is 4. The van der Waals surface area contributed by atoms with E-state index in [0.717, 1.165) is 0 Å². The number of nitrogens with two attached hydrogens (primary N) is 1. The second kappa shape index (κ2) is 4.84. The Bertz CT molecular complexity index is 482. The van der Waals surface area contributed by atoms with Gasteiger partial charge in [-0.05, 0) is 24.6 Å². The normalized spacial score (nSPS) is 17.4. The zero-order valence-corrected chi connectivity index (χ0v) is 11.3. The number of anilines is 1. The monoisotopic (exact) mass is 277 g/mol. The molecule has 0 unspecified atom stereocenters. The lowest BCUT2D eigenvalue weighted by atomic mass is 10.1. The molecule has 0 aromatic heterocycles. The van der Waals surface area contributed by atoms with Crippen LogP contribution in [0.2, 0.25) is 0 Å². The number of hydrogen-bond donors (Lipinski definition) is 2. The van der Waals surface area contributed by atoms with Gasteiger partial charge < -0.3 is 10.8 Å². The van der Waals surface area contributed by atoms with Crippen molar-refractivity contribution in [3.05, 3.63) is 29.8 Å². The van der Waals surface area contributed by atoms with Crippen LogP contribution in [-0.2, 0) is 9.84 Å². The Morgan fingerprint density at radius 2 is 1.88 bits per heavy atom. The minimum Gasteiger partial charge on any atom is -0.399 e. The van der Waals surface area contributed by atoms with E-state index in [0.29, 0.717) is 11.3 Å². The highest BCUT2D eigenvalue weighted by Crippen LogP contribution is 2.37. The second-order valence-corrected chi connectivity index (χ2v) is 7.62. The fourth-order valence-electron chi connectivity index (χ4n) is 1.43. The molecule has 1 rings (SSSR count). The maximum absolute atomic E-state index is 11.8. The molecule has 0 saturated heterocycles. The highest BCUT2D eigenvalue weighted by Gasteiger charge is 2.43. The van der Waals surface area contributed by atoms with E-state index in [9.17, 15) is 13.5 Å². The molecule has 96 valence electrons. The Balaban J connectivity index is 3.12. The molecule has 0 heterocycles. The van der Waals surface area contributed by atoms with E-state index in [1.54, 1.807) is 24.3 Å². The van der Waals surface area contributed by atoms with Crippen molar-refractivity contribution in [3.8, 4) is 0 Å². The SMILES string of the molecule is CCS(=O)(=O)[C@](C)(Cl)[C@@H](O)c1ccc(N)cc1. The van der Waals surface area contributed by atoms with E-state index in [1.165, 1.54) is 13.8 Å². The molecule has 0 radical (unpaired) electrons. The topological polar surface area (TPSA) is 80.4 Å². The van der Waals surface area contributed by atoms with Crippen molar-refractivity contribution in [2.24, 2.45) is 0 Å². The summed E-state index contributed by atoms with van der Waals surface area (Å²) in [6.07, 6.45) is -1.30. The van der Waals surface area contributed by atoms with Crippen LogP contribution < -0.4 is 5.73 Å². The molecule has 0 saturated carbocycles. The highest BCUT2D eigenvalue weighted by molar-refractivity contribution is 7.94. The molecule has 0 fully saturated rings. The third kappa shape index (κ3) is 2.73. The van der Waals surface area contributed by atoms with Gasteiger partial charge in [0.25, 0.3) is 0 Å². The average Bonchev–Trinajstić information content (AvgIpc) is 2.28. The van der Waals surface area contributed by atoms with Crippen molar-refractivity contribution in [2.75, 3.05) is 11.5 Å². The van der Waals surface area contributed by atoms with Gasteiger partial charge in [0.05, 0.1) is 0 Å². The van der Waals surface area contributed by atoms with Gasteiger partial charge in [-0.15, -0.1) is 0 Å². The molecule has 3 N–H and O–H groups in total. The zero-order valence-electron chi connectivity index (χ0n) is 9.72. The first-order valence-electron chi connectivity index (χ1n) is 5.17. The molecule has 1 aromatic rings. The van der Waals surface area contributed by atoms with Gasteiger partial charge in [-0.25, -0.2) is 8.42 Å². The summed E-state index contributed by atoms with van der Waals surface area (Å²) in [5, 5.41) is 10.1. The van der Waals surface area contributed by atoms with Gasteiger partial charge in [0, 0.05) is 11.4 Å². The maximum atomic E-state index is 11.8. The Morgan fingerprint density at radius 1 is 1.41 bits per heavy atom. The summed E-state index contributed by atoms with van der Waals surface area (Å²) in [6.45, 7) is 2.79. The standard InChI is InChI=1S/C11H16ClNO3S/c1-3-17(15,16)11(2,12)10(14)8-4-6-9(13)7-5-8/h4-7,10,14H,3,13H2,1-2H3/t10-,11-/m0/s1. The Hall–Kier alpha value is -0.780. The van der Waals surface area contributed by atoms with E-state index < -0.39 is 20.1 Å². The molecule has 1 aromatic carbocycles. The first kappa shape index (κ1) is 14.3. The number of hydrogen-bond acceptors (Lipinski definition) is 4. The lowest BCUT2D eigenvalue weighted by Crippen LogP contribution is -2.37. The van der Waals surface area contributed by atoms with Gasteiger partial charge in [-0.2, -0.15) is 0 Å². The average molecular weight is 278 g/mol. The lowest BCUT2D eigenvalue weighted by Gasteiger charge is -2.27. The Kier molecular flexibility index (Phi) is 4.06. The molecule has 0 aliphatic heterocycles. The minimum atomic E-state index is -3.57. The fourth-order valence-corrected chi connectivity index (χ4v) is 2.92. The van der Waals surface area contributed by atoms with Crippen molar-refractivity contribution in [3.63, 3.8) is 0 Å². The first-order valence-corrected chi connectivity index (χ1v) is 7.20. The van der Waals surface area contributed by atoms with Crippen molar-refractivity contribution in [2.45, 2.75) is 24.2 Å². The molecule has 0 aliphatic carbocycles. The van der Waals surface area contributed by atoms with Crippen LogP contribution in [0, 0.1) is 0 Å². The summed E-state index contributed by atoms with van der Waals surface area (Å²) >= 11 is 5.98. The van der Waals surface area contributed by atoms with Gasteiger partial charge >= 0.3 is 0 Å². The summed E-state index contributed by atoms with van der Waals surface area (Å²) in [4.78, 5) is 0. The van der Waals surface area contributed by atoms with E-state index in [4.69, 9.17) is 17.3 Å². The molecule has 4 nitrogen and oxygen atoms in total. The number of aliphatic hydroxyl groups excluding tert-OH is 1. The zero-order chi connectivity index (χ0) is 13.3. The highest BCUT2D eigenvalue weighted by atomic mass is 35.5. The summed E-state index contributed by atoms with van der Waals surface area (Å²) in [7, 11) is -3.57. The maximum Gasteiger partial charge on any atom is 0.172 e. The van der Waals surface area contributed by atoms with E-state index in [2.05, 4.69) is 0 Å². The van der Waals surface area contributed by atoms with E-state index in [1.807, 2.05) is 0 Å². The number of halogens is 1. The molecule has 0 bridgehead atoms. The van der Waals surface area contributed by atoms with Crippen LogP contribution in [0.15, 0.2) is 24.3 Å². The van der Waals surface area contributed by atoms with Crippen molar-refractivity contribution in [1.82, 2.24) is 0 Å².